The number of ether oxygens (including phenoxy) is 1. The highest BCUT2D eigenvalue weighted by molar-refractivity contribution is 7.18. The Labute approximate surface area is 198 Å². The lowest BCUT2D eigenvalue weighted by Gasteiger charge is -2.18. The zero-order valence-corrected chi connectivity index (χ0v) is 19.9. The van der Waals surface area contributed by atoms with Crippen LogP contribution >= 0.6 is 11.3 Å². The van der Waals surface area contributed by atoms with Gasteiger partial charge in [0.25, 0.3) is 0 Å². The van der Waals surface area contributed by atoms with Gasteiger partial charge in [-0.3, -0.25) is 14.9 Å². The van der Waals surface area contributed by atoms with E-state index >= 15 is 0 Å². The molecule has 1 atom stereocenters. The number of carbonyl (C=O) groups excluding carboxylic acids is 2. The average Bonchev–Trinajstić information content (AvgIpc) is 3.30. The summed E-state index contributed by atoms with van der Waals surface area (Å²) in [6.45, 7) is 2.13. The predicted octanol–water partition coefficient (Wildman–Crippen LogP) is 4.85. The van der Waals surface area contributed by atoms with E-state index in [-0.39, 0.29) is 11.8 Å². The Kier molecular flexibility index (Phi) is 9.38. The predicted molar refractivity (Wildman–Crippen MR) is 131 cm³/mol. The quantitative estimate of drug-likeness (QED) is 0.372. The molecule has 0 saturated heterocycles. The summed E-state index contributed by atoms with van der Waals surface area (Å²) < 4.78 is 5.26. The second kappa shape index (κ2) is 12.7. The number of hydrogen-bond donors (Lipinski definition) is 2. The lowest BCUT2D eigenvalue weighted by atomic mass is 10.0. The number of carbonyl (C=O) groups is 2. The summed E-state index contributed by atoms with van der Waals surface area (Å²) in [4.78, 5) is 25.6. The minimum Gasteiger partial charge on any atom is -0.497 e. The van der Waals surface area contributed by atoms with Crippen molar-refractivity contribution in [1.29, 1.82) is 0 Å². The molecular weight excluding hydrogens is 436 g/mol. The van der Waals surface area contributed by atoms with Crippen LogP contribution in [0.1, 0.15) is 44.6 Å². The van der Waals surface area contributed by atoms with Gasteiger partial charge in [0.1, 0.15) is 16.8 Å². The molecule has 8 heteroatoms. The summed E-state index contributed by atoms with van der Waals surface area (Å²) in [5.41, 5.74) is 1.83. The molecule has 3 rings (SSSR count). The number of amides is 2. The number of aromatic nitrogens is 2. The van der Waals surface area contributed by atoms with Gasteiger partial charge in [0.2, 0.25) is 16.9 Å². The van der Waals surface area contributed by atoms with Crippen molar-refractivity contribution >= 4 is 28.3 Å². The summed E-state index contributed by atoms with van der Waals surface area (Å²) in [6, 6.07) is 16.5. The van der Waals surface area contributed by atoms with E-state index in [1.54, 1.807) is 7.11 Å². The Morgan fingerprint density at radius 2 is 1.85 bits per heavy atom. The van der Waals surface area contributed by atoms with Crippen LogP contribution < -0.4 is 15.4 Å². The van der Waals surface area contributed by atoms with Gasteiger partial charge in [-0.25, -0.2) is 0 Å². The van der Waals surface area contributed by atoms with E-state index in [0.29, 0.717) is 23.0 Å². The van der Waals surface area contributed by atoms with Crippen LogP contribution in [0.2, 0.25) is 0 Å². The lowest BCUT2D eigenvalue weighted by Crippen LogP contribution is -2.45. The molecule has 0 fully saturated rings. The standard InChI is InChI=1S/C25H30N4O3S/c1-3-4-5-9-15-22(30)26-21(16-18-11-7-6-8-12-18)23(31)27-25-29-28-24(33-25)19-13-10-14-20(17-19)32-2/h6-8,10-14,17,21H,3-5,9,15-16H2,1-2H3,(H,26,30)(H,27,29,31)/t21-/m0/s1. The molecular formula is C25H30N4O3S. The van der Waals surface area contributed by atoms with Gasteiger partial charge in [-0.1, -0.05) is 80.0 Å². The topological polar surface area (TPSA) is 93.2 Å². The SMILES string of the molecule is CCCCCCC(=O)N[C@@H](Cc1ccccc1)C(=O)Nc1nnc(-c2cccc(OC)c2)s1. The first-order valence-corrected chi connectivity index (χ1v) is 12.0. The van der Waals surface area contributed by atoms with Crippen molar-refractivity contribution in [2.75, 3.05) is 12.4 Å². The summed E-state index contributed by atoms with van der Waals surface area (Å²) >= 11 is 1.27. The van der Waals surface area contributed by atoms with Crippen molar-refractivity contribution in [1.82, 2.24) is 15.5 Å². The van der Waals surface area contributed by atoms with Crippen LogP contribution in [0.3, 0.4) is 0 Å². The van der Waals surface area contributed by atoms with Gasteiger partial charge >= 0.3 is 0 Å². The Hall–Kier alpha value is -3.26. The highest BCUT2D eigenvalue weighted by Crippen LogP contribution is 2.28. The van der Waals surface area contributed by atoms with E-state index in [9.17, 15) is 9.59 Å². The van der Waals surface area contributed by atoms with Crippen molar-refractivity contribution < 1.29 is 14.3 Å². The zero-order valence-electron chi connectivity index (χ0n) is 19.0. The van der Waals surface area contributed by atoms with Gasteiger partial charge in [0.05, 0.1) is 7.11 Å². The number of anilines is 1. The minimum absolute atomic E-state index is 0.114. The van der Waals surface area contributed by atoms with Crippen LogP contribution in [0.15, 0.2) is 54.6 Å². The number of benzene rings is 2. The Morgan fingerprint density at radius 1 is 1.03 bits per heavy atom. The van der Waals surface area contributed by atoms with Crippen LogP contribution in [0.5, 0.6) is 5.75 Å². The van der Waals surface area contributed by atoms with Gasteiger partial charge in [-0.05, 0) is 24.1 Å². The van der Waals surface area contributed by atoms with Crippen molar-refractivity contribution in [2.24, 2.45) is 0 Å². The molecule has 0 spiro atoms. The first-order valence-electron chi connectivity index (χ1n) is 11.2. The van der Waals surface area contributed by atoms with Crippen LogP contribution in [0, 0.1) is 0 Å². The third-order valence-corrected chi connectivity index (χ3v) is 6.05. The molecule has 0 aliphatic heterocycles. The molecule has 2 aromatic carbocycles. The highest BCUT2D eigenvalue weighted by Gasteiger charge is 2.22. The second-order valence-corrected chi connectivity index (χ2v) is 8.73. The smallest absolute Gasteiger partial charge is 0.249 e. The van der Waals surface area contributed by atoms with Gasteiger partial charge in [0, 0.05) is 18.4 Å². The van der Waals surface area contributed by atoms with Crippen molar-refractivity contribution in [3.63, 3.8) is 0 Å². The number of nitrogens with zero attached hydrogens (tertiary/aromatic N) is 2. The maximum absolute atomic E-state index is 13.1. The fraction of sp³-hybridized carbons (Fsp3) is 0.360. The zero-order chi connectivity index (χ0) is 23.5. The molecule has 7 nitrogen and oxygen atoms in total. The summed E-state index contributed by atoms with van der Waals surface area (Å²) in [7, 11) is 1.61. The first kappa shape index (κ1) is 24.4. The molecule has 1 heterocycles. The minimum atomic E-state index is -0.699. The largest absolute Gasteiger partial charge is 0.497 e. The number of hydrogen-bond acceptors (Lipinski definition) is 6. The van der Waals surface area contributed by atoms with E-state index in [4.69, 9.17) is 4.74 Å². The third-order valence-electron chi connectivity index (χ3n) is 5.16. The molecule has 33 heavy (non-hydrogen) atoms. The molecule has 2 amide bonds. The van der Waals surface area contributed by atoms with E-state index in [1.165, 1.54) is 11.3 Å². The summed E-state index contributed by atoms with van der Waals surface area (Å²) in [5, 5.41) is 15.1. The number of nitrogens with one attached hydrogen (secondary N) is 2. The van der Waals surface area contributed by atoms with Crippen LogP contribution in [0.25, 0.3) is 10.6 Å². The summed E-state index contributed by atoms with van der Waals surface area (Å²) in [6.07, 6.45) is 4.86. The number of methoxy groups -OCH3 is 1. The highest BCUT2D eigenvalue weighted by atomic mass is 32.1. The molecule has 1 aromatic heterocycles. The molecule has 0 bridgehead atoms. The van der Waals surface area contributed by atoms with Crippen LogP contribution in [0.4, 0.5) is 5.13 Å². The number of rotatable bonds is 12. The normalized spacial score (nSPS) is 11.6. The Morgan fingerprint density at radius 3 is 2.61 bits per heavy atom. The fourth-order valence-corrected chi connectivity index (χ4v) is 4.12. The van der Waals surface area contributed by atoms with Crippen LogP contribution in [-0.4, -0.2) is 35.2 Å². The van der Waals surface area contributed by atoms with E-state index < -0.39 is 6.04 Å². The van der Waals surface area contributed by atoms with E-state index in [2.05, 4.69) is 27.8 Å². The molecule has 2 N–H and O–H groups in total. The molecule has 3 aromatic rings. The molecule has 174 valence electrons. The van der Waals surface area contributed by atoms with Crippen molar-refractivity contribution in [3.05, 3.63) is 60.2 Å². The monoisotopic (exact) mass is 466 g/mol. The molecule has 0 aliphatic rings. The third kappa shape index (κ3) is 7.68. The first-order chi connectivity index (χ1) is 16.1. The average molecular weight is 467 g/mol. The molecule has 0 saturated carbocycles. The molecule has 0 aliphatic carbocycles. The molecule has 0 unspecified atom stereocenters. The second-order valence-electron chi connectivity index (χ2n) is 7.75. The van der Waals surface area contributed by atoms with Crippen molar-refractivity contribution in [2.45, 2.75) is 51.5 Å². The maximum Gasteiger partial charge on any atom is 0.249 e. The van der Waals surface area contributed by atoms with Crippen LogP contribution in [-0.2, 0) is 16.0 Å². The van der Waals surface area contributed by atoms with Gasteiger partial charge < -0.3 is 10.1 Å². The van der Waals surface area contributed by atoms with Gasteiger partial charge in [0.15, 0.2) is 0 Å². The Balaban J connectivity index is 1.67. The van der Waals surface area contributed by atoms with Crippen molar-refractivity contribution in [3.8, 4) is 16.3 Å². The summed E-state index contributed by atoms with van der Waals surface area (Å²) in [5.74, 6) is 0.295. The van der Waals surface area contributed by atoms with Gasteiger partial charge in [-0.2, -0.15) is 0 Å². The fourth-order valence-electron chi connectivity index (χ4n) is 3.38. The lowest BCUT2D eigenvalue weighted by molar-refractivity contribution is -0.126. The Bertz CT molecular complexity index is 1040. The number of unbranched alkanes of at least 4 members (excludes halogenated alkanes) is 3. The maximum atomic E-state index is 13.1. The molecule has 0 radical (unpaired) electrons. The van der Waals surface area contributed by atoms with E-state index in [1.807, 2.05) is 54.6 Å². The van der Waals surface area contributed by atoms with Gasteiger partial charge in [-0.15, -0.1) is 10.2 Å². The van der Waals surface area contributed by atoms with E-state index in [0.717, 1.165) is 42.6 Å².